The number of pyridine rings is 1. The molecule has 0 aliphatic carbocycles. The van der Waals surface area contributed by atoms with Gasteiger partial charge in [-0.3, -0.25) is 4.98 Å². The molecule has 0 radical (unpaired) electrons. The molecule has 0 atom stereocenters. The van der Waals surface area contributed by atoms with Gasteiger partial charge in [-0.1, -0.05) is 103 Å². The Hall–Kier alpha value is -7.38. The van der Waals surface area contributed by atoms with Gasteiger partial charge in [-0.05, 0) is 71.3 Å². The van der Waals surface area contributed by atoms with E-state index in [-0.39, 0.29) is 0 Å². The summed E-state index contributed by atoms with van der Waals surface area (Å²) in [5, 5.41) is 1.18. The summed E-state index contributed by atoms with van der Waals surface area (Å²) >= 11 is 0. The van der Waals surface area contributed by atoms with E-state index < -0.39 is 0 Å². The van der Waals surface area contributed by atoms with Crippen LogP contribution in [0.4, 0.5) is 0 Å². The molecule has 0 amide bonds. The third-order valence-corrected chi connectivity index (χ3v) is 9.44. The number of hydrogen-bond acceptors (Lipinski definition) is 6. The van der Waals surface area contributed by atoms with Crippen LogP contribution in [0.1, 0.15) is 0 Å². The van der Waals surface area contributed by atoms with Crippen molar-refractivity contribution < 1.29 is 9.47 Å². The number of hydrogen-bond donors (Lipinski definition) is 0. The minimum Gasteiger partial charge on any atom is -0.450 e. The molecule has 1 aliphatic heterocycles. The fraction of sp³-hybridized carbons (Fsp3) is 0. The van der Waals surface area contributed by atoms with Crippen molar-refractivity contribution in [2.75, 3.05) is 0 Å². The minimum absolute atomic E-state index is 0.547. The fourth-order valence-electron chi connectivity index (χ4n) is 6.83. The molecule has 4 heterocycles. The van der Waals surface area contributed by atoms with Gasteiger partial charge < -0.3 is 14.0 Å². The molecule has 7 heteroatoms. The molecule has 1 aliphatic rings. The number of rotatable bonds is 6. The molecular formula is C46H29N5O2. The predicted molar refractivity (Wildman–Crippen MR) is 208 cm³/mol. The first-order valence-electron chi connectivity index (χ1n) is 17.4. The Morgan fingerprint density at radius 3 is 1.62 bits per heavy atom. The topological polar surface area (TPSA) is 75.0 Å². The van der Waals surface area contributed by atoms with E-state index in [0.29, 0.717) is 40.5 Å². The fourth-order valence-corrected chi connectivity index (χ4v) is 6.83. The van der Waals surface area contributed by atoms with Gasteiger partial charge in [0.1, 0.15) is 0 Å². The van der Waals surface area contributed by atoms with Crippen LogP contribution in [0.3, 0.4) is 0 Å². The molecule has 0 N–H and O–H groups in total. The van der Waals surface area contributed by atoms with Crippen molar-refractivity contribution in [3.05, 3.63) is 176 Å². The summed E-state index contributed by atoms with van der Waals surface area (Å²) in [6.45, 7) is 0. The van der Waals surface area contributed by atoms with Crippen LogP contribution in [-0.4, -0.2) is 24.5 Å². The maximum atomic E-state index is 6.55. The van der Waals surface area contributed by atoms with Crippen LogP contribution in [0.5, 0.6) is 23.0 Å². The zero-order chi connectivity index (χ0) is 35.1. The lowest BCUT2D eigenvalue weighted by molar-refractivity contribution is 0.360. The Kier molecular flexibility index (Phi) is 7.32. The zero-order valence-electron chi connectivity index (χ0n) is 28.3. The molecule has 0 spiro atoms. The first kappa shape index (κ1) is 30.4. The van der Waals surface area contributed by atoms with E-state index in [2.05, 4.69) is 70.3 Å². The molecule has 0 saturated carbocycles. The van der Waals surface area contributed by atoms with Gasteiger partial charge in [0.2, 0.25) is 0 Å². The highest BCUT2D eigenvalue weighted by molar-refractivity contribution is 5.97. The summed E-state index contributed by atoms with van der Waals surface area (Å²) in [5.41, 5.74) is 9.19. The van der Waals surface area contributed by atoms with Crippen molar-refractivity contribution in [2.24, 2.45) is 0 Å². The van der Waals surface area contributed by atoms with Gasteiger partial charge >= 0.3 is 0 Å². The molecule has 3 aromatic heterocycles. The van der Waals surface area contributed by atoms with Crippen LogP contribution in [0.15, 0.2) is 176 Å². The lowest BCUT2D eigenvalue weighted by Crippen LogP contribution is -2.02. The van der Waals surface area contributed by atoms with Crippen LogP contribution < -0.4 is 9.47 Å². The summed E-state index contributed by atoms with van der Waals surface area (Å²) in [6, 6.07) is 52.9. The summed E-state index contributed by atoms with van der Waals surface area (Å²) in [5.74, 6) is 4.26. The van der Waals surface area contributed by atoms with Gasteiger partial charge in [-0.15, -0.1) is 0 Å². The maximum absolute atomic E-state index is 6.55. The average molecular weight is 684 g/mol. The Bertz CT molecular complexity index is 2730. The summed E-state index contributed by atoms with van der Waals surface area (Å²) in [7, 11) is 0. The standard InChI is InChI=1S/C46H29N5O2/c1-3-10-30(11-4-1)44-48-45(31-12-5-2-6-13-31)50-46(49-44)35-19-21-41-43(28-35)53-42-27-33(18-20-40(42)52-41)32-14-9-15-34(26-32)38-29-51(36-22-24-47-25-23-36)39-17-8-7-16-37(38)39/h1-29H. The van der Waals surface area contributed by atoms with Gasteiger partial charge in [0, 0.05) is 51.9 Å². The van der Waals surface area contributed by atoms with Crippen LogP contribution >= 0.6 is 0 Å². The highest BCUT2D eigenvalue weighted by Gasteiger charge is 2.22. The summed E-state index contributed by atoms with van der Waals surface area (Å²) < 4.78 is 15.1. The van der Waals surface area contributed by atoms with Crippen molar-refractivity contribution in [3.8, 4) is 85.1 Å². The van der Waals surface area contributed by atoms with E-state index in [1.807, 2.05) is 116 Å². The van der Waals surface area contributed by atoms with Gasteiger partial charge in [-0.25, -0.2) is 15.0 Å². The highest BCUT2D eigenvalue weighted by atomic mass is 16.6. The smallest absolute Gasteiger partial charge is 0.170 e. The Morgan fingerprint density at radius 1 is 0.396 bits per heavy atom. The molecule has 0 bridgehead atoms. The highest BCUT2D eigenvalue weighted by Crippen LogP contribution is 2.48. The second kappa shape index (κ2) is 12.7. The van der Waals surface area contributed by atoms with E-state index in [1.54, 1.807) is 0 Å². The SMILES string of the molecule is c1ccc(-c2nc(-c3ccccc3)nc(-c3ccc4c(c3)Oc3cc(-c5cccc(-c6cn(-c7ccncc7)c7ccccc67)c5)ccc3O4)n2)cc1. The molecular weight excluding hydrogens is 655 g/mol. The van der Waals surface area contributed by atoms with E-state index >= 15 is 0 Å². The molecule has 53 heavy (non-hydrogen) atoms. The van der Waals surface area contributed by atoms with Crippen LogP contribution in [0.2, 0.25) is 0 Å². The molecule has 10 rings (SSSR count). The van der Waals surface area contributed by atoms with Crippen molar-refractivity contribution in [1.82, 2.24) is 24.5 Å². The third kappa shape index (κ3) is 5.66. The number of benzene rings is 6. The number of fused-ring (bicyclic) bond motifs is 3. The van der Waals surface area contributed by atoms with E-state index in [1.165, 1.54) is 5.39 Å². The van der Waals surface area contributed by atoms with E-state index in [0.717, 1.165) is 50.1 Å². The van der Waals surface area contributed by atoms with E-state index in [4.69, 9.17) is 24.4 Å². The second-order valence-corrected chi connectivity index (χ2v) is 12.8. The van der Waals surface area contributed by atoms with Crippen molar-refractivity contribution >= 4 is 10.9 Å². The molecule has 9 aromatic rings. The van der Waals surface area contributed by atoms with Crippen LogP contribution in [-0.2, 0) is 0 Å². The average Bonchev–Trinajstić information content (AvgIpc) is 3.63. The number of nitrogens with zero attached hydrogens (tertiary/aromatic N) is 5. The largest absolute Gasteiger partial charge is 0.450 e. The summed E-state index contributed by atoms with van der Waals surface area (Å²) in [6.07, 6.45) is 5.85. The van der Waals surface area contributed by atoms with E-state index in [9.17, 15) is 0 Å². The summed E-state index contributed by atoms with van der Waals surface area (Å²) in [4.78, 5) is 18.8. The third-order valence-electron chi connectivity index (χ3n) is 9.44. The van der Waals surface area contributed by atoms with Crippen molar-refractivity contribution in [2.45, 2.75) is 0 Å². The zero-order valence-corrected chi connectivity index (χ0v) is 28.3. The molecule has 0 unspecified atom stereocenters. The molecule has 250 valence electrons. The first-order valence-corrected chi connectivity index (χ1v) is 17.4. The normalized spacial score (nSPS) is 11.7. The lowest BCUT2D eigenvalue weighted by Gasteiger charge is -2.22. The predicted octanol–water partition coefficient (Wildman–Crippen LogP) is 11.4. The van der Waals surface area contributed by atoms with Crippen LogP contribution in [0.25, 0.3) is 73.0 Å². The second-order valence-electron chi connectivity index (χ2n) is 12.8. The van der Waals surface area contributed by atoms with Crippen molar-refractivity contribution in [3.63, 3.8) is 0 Å². The quantitative estimate of drug-likeness (QED) is 0.174. The van der Waals surface area contributed by atoms with Gasteiger partial charge in [0.15, 0.2) is 40.5 Å². The Balaban J connectivity index is 0.991. The molecule has 7 nitrogen and oxygen atoms in total. The monoisotopic (exact) mass is 683 g/mol. The van der Waals surface area contributed by atoms with Gasteiger partial charge in [0.05, 0.1) is 5.52 Å². The Labute approximate surface area is 305 Å². The number of aromatic nitrogens is 5. The van der Waals surface area contributed by atoms with Crippen molar-refractivity contribution in [1.29, 1.82) is 0 Å². The molecule has 0 saturated heterocycles. The first-order chi connectivity index (χ1) is 26.2. The molecule has 6 aromatic carbocycles. The van der Waals surface area contributed by atoms with Gasteiger partial charge in [0.25, 0.3) is 0 Å². The lowest BCUT2D eigenvalue weighted by atomic mass is 9.98. The number of ether oxygens (including phenoxy) is 2. The van der Waals surface area contributed by atoms with Gasteiger partial charge in [-0.2, -0.15) is 0 Å². The Morgan fingerprint density at radius 2 is 0.925 bits per heavy atom. The van der Waals surface area contributed by atoms with Crippen LogP contribution in [0, 0.1) is 0 Å². The minimum atomic E-state index is 0.547. The number of para-hydroxylation sites is 1. The molecule has 0 fully saturated rings. The maximum Gasteiger partial charge on any atom is 0.170 e.